The zero-order chi connectivity index (χ0) is 14.8. The van der Waals surface area contributed by atoms with Crippen molar-refractivity contribution in [2.75, 3.05) is 5.32 Å². The van der Waals surface area contributed by atoms with Crippen LogP contribution < -0.4 is 5.32 Å². The van der Waals surface area contributed by atoms with Crippen molar-refractivity contribution in [1.82, 2.24) is 0 Å². The minimum atomic E-state index is -4.40. The summed E-state index contributed by atoms with van der Waals surface area (Å²) < 4.78 is 38.5. The van der Waals surface area contributed by atoms with E-state index >= 15 is 0 Å². The summed E-state index contributed by atoms with van der Waals surface area (Å²) in [4.78, 5) is 0. The highest BCUT2D eigenvalue weighted by Crippen LogP contribution is 2.35. The average molecular weight is 320 g/mol. The summed E-state index contributed by atoms with van der Waals surface area (Å²) in [5.41, 5.74) is -0.0645. The number of hydrogen-bond acceptors (Lipinski definition) is 1. The molecule has 0 unspecified atom stereocenters. The molecule has 1 N–H and O–H groups in total. The molecule has 2 rings (SSSR count). The number of alkyl halides is 3. The Morgan fingerprint density at radius 2 is 1.70 bits per heavy atom. The van der Waals surface area contributed by atoms with Crippen molar-refractivity contribution in [3.63, 3.8) is 0 Å². The Morgan fingerprint density at radius 3 is 2.40 bits per heavy atom. The third-order valence-electron chi connectivity index (χ3n) is 2.71. The molecule has 0 aliphatic rings. The molecule has 0 saturated carbocycles. The summed E-state index contributed by atoms with van der Waals surface area (Å²) in [5, 5.41) is 3.67. The average Bonchev–Trinajstić information content (AvgIpc) is 2.39. The fourth-order valence-electron chi connectivity index (χ4n) is 1.75. The van der Waals surface area contributed by atoms with E-state index in [0.717, 1.165) is 6.07 Å². The lowest BCUT2D eigenvalue weighted by molar-refractivity contribution is -0.136. The van der Waals surface area contributed by atoms with E-state index in [9.17, 15) is 13.2 Å². The second-order valence-corrected chi connectivity index (χ2v) is 4.98. The standard InChI is InChI=1S/C14H10Cl2F3N/c15-10-5-6-12(16)9(7-10)8-20-13-4-2-1-3-11(13)14(17,18)19/h1-7,20H,8H2. The molecule has 0 aromatic heterocycles. The first kappa shape index (κ1) is 15.0. The van der Waals surface area contributed by atoms with Gasteiger partial charge in [-0.2, -0.15) is 13.2 Å². The molecule has 1 nitrogen and oxygen atoms in total. The Labute approximate surface area is 124 Å². The van der Waals surface area contributed by atoms with Gasteiger partial charge in [-0.25, -0.2) is 0 Å². The van der Waals surface area contributed by atoms with E-state index in [1.165, 1.54) is 18.2 Å². The summed E-state index contributed by atoms with van der Waals surface area (Å²) in [6.07, 6.45) is -4.40. The van der Waals surface area contributed by atoms with Crippen LogP contribution in [0.3, 0.4) is 0 Å². The van der Waals surface area contributed by atoms with Gasteiger partial charge in [0.15, 0.2) is 0 Å². The number of benzene rings is 2. The van der Waals surface area contributed by atoms with E-state index in [4.69, 9.17) is 23.2 Å². The predicted octanol–water partition coefficient (Wildman–Crippen LogP) is 5.62. The smallest absolute Gasteiger partial charge is 0.380 e. The Kier molecular flexibility index (Phi) is 4.45. The number of para-hydroxylation sites is 1. The Bertz CT molecular complexity index is 612. The first-order valence-corrected chi connectivity index (χ1v) is 6.47. The predicted molar refractivity (Wildman–Crippen MR) is 75.2 cm³/mol. The van der Waals surface area contributed by atoms with Crippen molar-refractivity contribution in [3.8, 4) is 0 Å². The van der Waals surface area contributed by atoms with E-state index in [-0.39, 0.29) is 12.2 Å². The molecule has 0 bridgehead atoms. The molecule has 6 heteroatoms. The number of nitrogens with one attached hydrogen (secondary N) is 1. The van der Waals surface area contributed by atoms with Gasteiger partial charge in [0.05, 0.1) is 5.56 Å². The molecule has 0 atom stereocenters. The van der Waals surface area contributed by atoms with Crippen LogP contribution in [-0.4, -0.2) is 0 Å². The van der Waals surface area contributed by atoms with E-state index in [0.29, 0.717) is 15.6 Å². The Balaban J connectivity index is 2.21. The van der Waals surface area contributed by atoms with Crippen molar-refractivity contribution < 1.29 is 13.2 Å². The SMILES string of the molecule is FC(F)(F)c1ccccc1NCc1cc(Cl)ccc1Cl. The van der Waals surface area contributed by atoms with E-state index in [1.54, 1.807) is 18.2 Å². The van der Waals surface area contributed by atoms with Crippen molar-refractivity contribution in [2.45, 2.75) is 12.7 Å². The quantitative estimate of drug-likeness (QED) is 0.773. The van der Waals surface area contributed by atoms with Gasteiger partial charge in [0, 0.05) is 22.3 Å². The van der Waals surface area contributed by atoms with Crippen LogP contribution in [0.4, 0.5) is 18.9 Å². The van der Waals surface area contributed by atoms with Crippen LogP contribution in [-0.2, 0) is 12.7 Å². The fourth-order valence-corrected chi connectivity index (χ4v) is 2.13. The summed E-state index contributed by atoms with van der Waals surface area (Å²) in [7, 11) is 0. The molecule has 0 aliphatic heterocycles. The summed E-state index contributed by atoms with van der Waals surface area (Å²) in [6.45, 7) is 0.159. The largest absolute Gasteiger partial charge is 0.418 e. The third kappa shape index (κ3) is 3.58. The van der Waals surface area contributed by atoms with Crippen LogP contribution in [0.2, 0.25) is 10.0 Å². The van der Waals surface area contributed by atoms with Gasteiger partial charge in [-0.1, -0.05) is 35.3 Å². The van der Waals surface area contributed by atoms with Gasteiger partial charge in [0.1, 0.15) is 0 Å². The van der Waals surface area contributed by atoms with Gasteiger partial charge in [-0.3, -0.25) is 0 Å². The van der Waals surface area contributed by atoms with E-state index in [2.05, 4.69) is 5.32 Å². The molecule has 0 amide bonds. The molecule has 106 valence electrons. The first-order chi connectivity index (χ1) is 9.38. The fraction of sp³-hybridized carbons (Fsp3) is 0.143. The van der Waals surface area contributed by atoms with Gasteiger partial charge in [0.25, 0.3) is 0 Å². The number of halogens is 5. The molecule has 0 aliphatic carbocycles. The highest BCUT2D eigenvalue weighted by molar-refractivity contribution is 6.33. The number of rotatable bonds is 3. The van der Waals surface area contributed by atoms with Gasteiger partial charge in [-0.05, 0) is 35.9 Å². The highest BCUT2D eigenvalue weighted by Gasteiger charge is 2.33. The van der Waals surface area contributed by atoms with Crippen molar-refractivity contribution >= 4 is 28.9 Å². The summed E-state index contributed by atoms with van der Waals surface area (Å²) >= 11 is 11.8. The molecule has 0 saturated heterocycles. The molecular formula is C14H10Cl2F3N. The number of anilines is 1. The normalized spacial score (nSPS) is 11.4. The van der Waals surface area contributed by atoms with Crippen LogP contribution in [0.5, 0.6) is 0 Å². The van der Waals surface area contributed by atoms with Crippen molar-refractivity contribution in [3.05, 3.63) is 63.6 Å². The second kappa shape index (κ2) is 5.94. The summed E-state index contributed by atoms with van der Waals surface area (Å²) in [6, 6.07) is 10.1. The van der Waals surface area contributed by atoms with Gasteiger partial charge in [0.2, 0.25) is 0 Å². The van der Waals surface area contributed by atoms with Gasteiger partial charge < -0.3 is 5.32 Å². The van der Waals surface area contributed by atoms with Gasteiger partial charge in [-0.15, -0.1) is 0 Å². The van der Waals surface area contributed by atoms with Crippen LogP contribution in [0.25, 0.3) is 0 Å². The van der Waals surface area contributed by atoms with Gasteiger partial charge >= 0.3 is 6.18 Å². The summed E-state index contributed by atoms with van der Waals surface area (Å²) in [5.74, 6) is 0. The van der Waals surface area contributed by atoms with Crippen molar-refractivity contribution in [1.29, 1.82) is 0 Å². The van der Waals surface area contributed by atoms with Crippen LogP contribution in [0, 0.1) is 0 Å². The lowest BCUT2D eigenvalue weighted by Gasteiger charge is -2.15. The van der Waals surface area contributed by atoms with Crippen LogP contribution >= 0.6 is 23.2 Å². The molecular weight excluding hydrogens is 310 g/mol. The minimum Gasteiger partial charge on any atom is -0.380 e. The molecule has 0 spiro atoms. The monoisotopic (exact) mass is 319 g/mol. The van der Waals surface area contributed by atoms with Crippen LogP contribution in [0.1, 0.15) is 11.1 Å². The van der Waals surface area contributed by atoms with E-state index < -0.39 is 11.7 Å². The Hall–Kier alpha value is -1.39. The highest BCUT2D eigenvalue weighted by atomic mass is 35.5. The minimum absolute atomic E-state index is 0.0102. The molecule has 0 radical (unpaired) electrons. The maximum absolute atomic E-state index is 12.8. The molecule has 20 heavy (non-hydrogen) atoms. The van der Waals surface area contributed by atoms with E-state index in [1.807, 2.05) is 0 Å². The van der Waals surface area contributed by atoms with Crippen molar-refractivity contribution in [2.24, 2.45) is 0 Å². The topological polar surface area (TPSA) is 12.0 Å². The Morgan fingerprint density at radius 1 is 1.00 bits per heavy atom. The maximum Gasteiger partial charge on any atom is 0.418 e. The zero-order valence-corrected chi connectivity index (χ0v) is 11.7. The lowest BCUT2D eigenvalue weighted by atomic mass is 10.1. The van der Waals surface area contributed by atoms with Crippen LogP contribution in [0.15, 0.2) is 42.5 Å². The molecule has 2 aromatic carbocycles. The zero-order valence-electron chi connectivity index (χ0n) is 10.1. The third-order valence-corrected chi connectivity index (χ3v) is 3.31. The molecule has 2 aromatic rings. The molecule has 0 fully saturated rings. The number of hydrogen-bond donors (Lipinski definition) is 1. The second-order valence-electron chi connectivity index (χ2n) is 4.13. The molecule has 0 heterocycles. The lowest BCUT2D eigenvalue weighted by Crippen LogP contribution is -2.10. The first-order valence-electron chi connectivity index (χ1n) is 5.72. The maximum atomic E-state index is 12.8.